The van der Waals surface area contributed by atoms with Gasteiger partial charge in [-0.05, 0) is 55.5 Å². The van der Waals surface area contributed by atoms with E-state index >= 15 is 0 Å². The third-order valence-electron chi connectivity index (χ3n) is 5.24. The normalized spacial score (nSPS) is 14.2. The van der Waals surface area contributed by atoms with Crippen molar-refractivity contribution < 1.29 is 9.59 Å². The van der Waals surface area contributed by atoms with E-state index in [-0.39, 0.29) is 22.3 Å². The average Bonchev–Trinajstić information content (AvgIpc) is 2.73. The zero-order chi connectivity index (χ0) is 22.6. The molecule has 6 nitrogen and oxygen atoms in total. The second-order valence-electron chi connectivity index (χ2n) is 8.85. The number of hydrogen-bond acceptors (Lipinski definition) is 4. The first-order valence-corrected chi connectivity index (χ1v) is 10.9. The van der Waals surface area contributed by atoms with Crippen LogP contribution in [0.3, 0.4) is 0 Å². The first kappa shape index (κ1) is 22.7. The van der Waals surface area contributed by atoms with Gasteiger partial charge < -0.3 is 15.1 Å². The van der Waals surface area contributed by atoms with E-state index in [4.69, 9.17) is 12.2 Å². The lowest BCUT2D eigenvalue weighted by Gasteiger charge is -2.38. The molecule has 1 heterocycles. The fourth-order valence-electron chi connectivity index (χ4n) is 3.44. The van der Waals surface area contributed by atoms with E-state index in [1.54, 1.807) is 12.1 Å². The number of benzene rings is 2. The fourth-order valence-corrected chi connectivity index (χ4v) is 3.65. The van der Waals surface area contributed by atoms with Gasteiger partial charge in [-0.25, -0.2) is 0 Å². The highest BCUT2D eigenvalue weighted by Gasteiger charge is 2.29. The van der Waals surface area contributed by atoms with Crippen molar-refractivity contribution in [3.05, 3.63) is 59.7 Å². The summed E-state index contributed by atoms with van der Waals surface area (Å²) in [6.07, 6.45) is 0. The molecular formula is C24H30N4O2S. The maximum absolute atomic E-state index is 12.4. The molecule has 1 aliphatic rings. The molecule has 0 spiro atoms. The molecule has 0 atom stereocenters. The number of nitrogens with zero attached hydrogens (tertiary/aromatic N) is 2. The Labute approximate surface area is 189 Å². The number of nitrogens with one attached hydrogen (secondary N) is 2. The minimum atomic E-state index is -0.344. The van der Waals surface area contributed by atoms with Gasteiger partial charge in [0.25, 0.3) is 5.91 Å². The summed E-state index contributed by atoms with van der Waals surface area (Å²) in [6, 6.07) is 15.3. The van der Waals surface area contributed by atoms with Gasteiger partial charge in [0, 0.05) is 48.5 Å². The highest BCUT2D eigenvalue weighted by molar-refractivity contribution is 7.80. The van der Waals surface area contributed by atoms with E-state index < -0.39 is 0 Å². The van der Waals surface area contributed by atoms with E-state index in [0.29, 0.717) is 5.56 Å². The Morgan fingerprint density at radius 2 is 1.48 bits per heavy atom. The lowest BCUT2D eigenvalue weighted by atomic mass is 9.94. The smallest absolute Gasteiger partial charge is 0.257 e. The van der Waals surface area contributed by atoms with Crippen molar-refractivity contribution in [2.75, 3.05) is 36.4 Å². The van der Waals surface area contributed by atoms with Gasteiger partial charge in [0.15, 0.2) is 5.11 Å². The van der Waals surface area contributed by atoms with Crippen LogP contribution < -0.4 is 15.5 Å². The molecule has 0 aliphatic carbocycles. The Bertz CT molecular complexity index is 941. The summed E-state index contributed by atoms with van der Waals surface area (Å²) in [7, 11) is 0. The second kappa shape index (κ2) is 9.47. The minimum Gasteiger partial charge on any atom is -0.368 e. The van der Waals surface area contributed by atoms with E-state index in [2.05, 4.69) is 15.5 Å². The molecule has 0 bridgehead atoms. The lowest BCUT2D eigenvalue weighted by Crippen LogP contribution is -2.51. The standard InChI is InChI=1S/C24H30N4O2S/c1-17-5-7-18(8-6-17)21(29)26-23(31)25-19-9-11-20(12-10-19)27-13-15-28(16-14-27)22(30)24(2,3)4/h5-12H,13-16H2,1-4H3,(H2,25,26,29,31). The van der Waals surface area contributed by atoms with E-state index in [9.17, 15) is 9.59 Å². The summed E-state index contributed by atoms with van der Waals surface area (Å²) in [5.74, 6) is -0.0373. The van der Waals surface area contributed by atoms with E-state index in [1.165, 1.54) is 0 Å². The number of carbonyl (C=O) groups is 2. The van der Waals surface area contributed by atoms with Gasteiger partial charge in [0.05, 0.1) is 0 Å². The van der Waals surface area contributed by atoms with Crippen LogP contribution in [0.4, 0.5) is 11.4 Å². The first-order chi connectivity index (χ1) is 14.6. The third-order valence-corrected chi connectivity index (χ3v) is 5.44. The average molecular weight is 439 g/mol. The van der Waals surface area contributed by atoms with Gasteiger partial charge in [-0.1, -0.05) is 38.5 Å². The van der Waals surface area contributed by atoms with Crippen LogP contribution in [-0.2, 0) is 4.79 Å². The van der Waals surface area contributed by atoms with Crippen LogP contribution in [0.5, 0.6) is 0 Å². The summed E-state index contributed by atoms with van der Waals surface area (Å²) < 4.78 is 0. The third kappa shape index (κ3) is 6.04. The lowest BCUT2D eigenvalue weighted by molar-refractivity contribution is -0.139. The molecule has 164 valence electrons. The molecular weight excluding hydrogens is 408 g/mol. The summed E-state index contributed by atoms with van der Waals surface area (Å²) in [5.41, 5.74) is 3.22. The topological polar surface area (TPSA) is 64.7 Å². The van der Waals surface area contributed by atoms with Crippen LogP contribution in [-0.4, -0.2) is 48.0 Å². The van der Waals surface area contributed by atoms with Crippen LogP contribution in [0.1, 0.15) is 36.7 Å². The van der Waals surface area contributed by atoms with Crippen molar-refractivity contribution in [2.24, 2.45) is 5.41 Å². The number of anilines is 2. The van der Waals surface area contributed by atoms with Crippen molar-refractivity contribution in [1.29, 1.82) is 0 Å². The predicted octanol–water partition coefficient (Wildman–Crippen LogP) is 3.82. The number of piperazine rings is 1. The summed E-state index contributed by atoms with van der Waals surface area (Å²) in [4.78, 5) is 28.9. The Morgan fingerprint density at radius 3 is 2.03 bits per heavy atom. The molecule has 0 radical (unpaired) electrons. The Balaban J connectivity index is 1.51. The van der Waals surface area contributed by atoms with Crippen molar-refractivity contribution in [3.63, 3.8) is 0 Å². The van der Waals surface area contributed by atoms with Gasteiger partial charge >= 0.3 is 0 Å². The Morgan fingerprint density at radius 1 is 0.903 bits per heavy atom. The number of rotatable bonds is 3. The molecule has 0 aromatic heterocycles. The molecule has 1 saturated heterocycles. The molecule has 0 saturated carbocycles. The van der Waals surface area contributed by atoms with Gasteiger partial charge in [-0.2, -0.15) is 0 Å². The minimum absolute atomic E-state index is 0.202. The van der Waals surface area contributed by atoms with E-state index in [1.807, 2.05) is 69.0 Å². The molecule has 0 unspecified atom stereocenters. The largest absolute Gasteiger partial charge is 0.368 e. The SMILES string of the molecule is Cc1ccc(C(=O)NC(=S)Nc2ccc(N3CCN(C(=O)C(C)(C)C)CC3)cc2)cc1. The molecule has 2 aromatic carbocycles. The first-order valence-electron chi connectivity index (χ1n) is 10.5. The number of thiocarbonyl (C=S) groups is 1. The fraction of sp³-hybridized carbons (Fsp3) is 0.375. The number of hydrogen-bond donors (Lipinski definition) is 2. The van der Waals surface area contributed by atoms with Crippen molar-refractivity contribution in [3.8, 4) is 0 Å². The monoisotopic (exact) mass is 438 g/mol. The molecule has 3 rings (SSSR count). The molecule has 1 aliphatic heterocycles. The quantitative estimate of drug-likeness (QED) is 0.714. The maximum atomic E-state index is 12.4. The molecule has 7 heteroatoms. The summed E-state index contributed by atoms with van der Waals surface area (Å²) in [6.45, 7) is 10.9. The van der Waals surface area contributed by atoms with Crippen LogP contribution in [0, 0.1) is 12.3 Å². The number of carbonyl (C=O) groups excluding carboxylic acids is 2. The molecule has 1 fully saturated rings. The second-order valence-corrected chi connectivity index (χ2v) is 9.26. The van der Waals surface area contributed by atoms with Crippen LogP contribution in [0.15, 0.2) is 48.5 Å². The van der Waals surface area contributed by atoms with Gasteiger partial charge in [-0.15, -0.1) is 0 Å². The van der Waals surface area contributed by atoms with Crippen molar-refractivity contribution in [2.45, 2.75) is 27.7 Å². The molecule has 31 heavy (non-hydrogen) atoms. The van der Waals surface area contributed by atoms with Gasteiger partial charge in [0.1, 0.15) is 0 Å². The Kier molecular flexibility index (Phi) is 6.95. The maximum Gasteiger partial charge on any atom is 0.257 e. The molecule has 2 N–H and O–H groups in total. The zero-order valence-electron chi connectivity index (χ0n) is 18.6. The molecule has 2 aromatic rings. The number of amides is 2. The van der Waals surface area contributed by atoms with Crippen LogP contribution in [0.25, 0.3) is 0 Å². The molecule has 2 amide bonds. The highest BCUT2D eigenvalue weighted by Crippen LogP contribution is 2.22. The summed E-state index contributed by atoms with van der Waals surface area (Å²) >= 11 is 5.27. The number of aryl methyl sites for hydroxylation is 1. The van der Waals surface area contributed by atoms with Gasteiger partial charge in [-0.3, -0.25) is 14.9 Å². The van der Waals surface area contributed by atoms with Crippen LogP contribution >= 0.6 is 12.2 Å². The van der Waals surface area contributed by atoms with Crippen molar-refractivity contribution >= 4 is 40.5 Å². The highest BCUT2D eigenvalue weighted by atomic mass is 32.1. The zero-order valence-corrected chi connectivity index (χ0v) is 19.4. The van der Waals surface area contributed by atoms with Crippen molar-refractivity contribution in [1.82, 2.24) is 10.2 Å². The Hall–Kier alpha value is -2.93. The van der Waals surface area contributed by atoms with E-state index in [0.717, 1.165) is 43.1 Å². The summed E-state index contributed by atoms with van der Waals surface area (Å²) in [5, 5.41) is 6.01. The van der Waals surface area contributed by atoms with Crippen LogP contribution in [0.2, 0.25) is 0 Å². The van der Waals surface area contributed by atoms with Gasteiger partial charge in [0.2, 0.25) is 5.91 Å². The predicted molar refractivity (Wildman–Crippen MR) is 130 cm³/mol.